The van der Waals surface area contributed by atoms with Gasteiger partial charge in [-0.25, -0.2) is 0 Å². The maximum absolute atomic E-state index is 11.7. The van der Waals surface area contributed by atoms with E-state index in [1.807, 2.05) is 31.4 Å². The molecule has 0 aromatic heterocycles. The van der Waals surface area contributed by atoms with Crippen molar-refractivity contribution < 1.29 is 14.3 Å². The minimum atomic E-state index is -0.0727. The van der Waals surface area contributed by atoms with Gasteiger partial charge < -0.3 is 14.8 Å². The Bertz CT molecular complexity index is 656. The Morgan fingerprint density at radius 2 is 1.91 bits per heavy atom. The standard InChI is InChI=1S/C18H21NO3S/c1-4-19-18(20)14-6-8-15(9-7-14)22-12-13-5-10-17(23-3)16(11-13)21-2/h5-11H,4,12H2,1-3H3,(H,19,20). The Kier molecular flexibility index (Phi) is 6.35. The van der Waals surface area contributed by atoms with E-state index in [1.54, 1.807) is 43.1 Å². The molecule has 0 saturated heterocycles. The van der Waals surface area contributed by atoms with Gasteiger partial charge in [-0.15, -0.1) is 11.8 Å². The average Bonchev–Trinajstić information content (AvgIpc) is 2.60. The highest BCUT2D eigenvalue weighted by Crippen LogP contribution is 2.28. The molecular weight excluding hydrogens is 310 g/mol. The number of ether oxygens (including phenoxy) is 2. The minimum Gasteiger partial charge on any atom is -0.496 e. The van der Waals surface area contributed by atoms with Crippen molar-refractivity contribution >= 4 is 17.7 Å². The van der Waals surface area contributed by atoms with Gasteiger partial charge in [-0.2, -0.15) is 0 Å². The van der Waals surface area contributed by atoms with Gasteiger partial charge in [-0.1, -0.05) is 6.07 Å². The van der Waals surface area contributed by atoms with E-state index in [1.165, 1.54) is 0 Å². The number of carbonyl (C=O) groups is 1. The maximum Gasteiger partial charge on any atom is 0.251 e. The van der Waals surface area contributed by atoms with Crippen LogP contribution in [0.25, 0.3) is 0 Å². The van der Waals surface area contributed by atoms with E-state index in [0.29, 0.717) is 18.7 Å². The molecule has 2 rings (SSSR count). The van der Waals surface area contributed by atoms with E-state index >= 15 is 0 Å². The number of carbonyl (C=O) groups excluding carboxylic acids is 1. The highest BCUT2D eigenvalue weighted by Gasteiger charge is 2.06. The summed E-state index contributed by atoms with van der Waals surface area (Å²) in [6, 6.07) is 13.2. The van der Waals surface area contributed by atoms with Crippen molar-refractivity contribution in [1.29, 1.82) is 0 Å². The lowest BCUT2D eigenvalue weighted by molar-refractivity contribution is 0.0956. The number of hydrogen-bond acceptors (Lipinski definition) is 4. The Morgan fingerprint density at radius 1 is 1.17 bits per heavy atom. The van der Waals surface area contributed by atoms with Crippen LogP contribution in [0.4, 0.5) is 0 Å². The van der Waals surface area contributed by atoms with Crippen molar-refractivity contribution in [3.63, 3.8) is 0 Å². The molecule has 2 aromatic rings. The topological polar surface area (TPSA) is 47.6 Å². The number of methoxy groups -OCH3 is 1. The van der Waals surface area contributed by atoms with Crippen LogP contribution < -0.4 is 14.8 Å². The van der Waals surface area contributed by atoms with Crippen LogP contribution in [0.1, 0.15) is 22.8 Å². The Balaban J connectivity index is 1.99. The molecule has 0 atom stereocenters. The molecule has 0 aliphatic rings. The molecule has 0 bridgehead atoms. The summed E-state index contributed by atoms with van der Waals surface area (Å²) in [7, 11) is 1.67. The van der Waals surface area contributed by atoms with E-state index in [4.69, 9.17) is 9.47 Å². The second kappa shape index (κ2) is 8.48. The third-order valence-corrected chi connectivity index (χ3v) is 4.08. The van der Waals surface area contributed by atoms with E-state index in [-0.39, 0.29) is 5.91 Å². The van der Waals surface area contributed by atoms with Crippen LogP contribution in [0.15, 0.2) is 47.4 Å². The first-order valence-electron chi connectivity index (χ1n) is 7.40. The van der Waals surface area contributed by atoms with Crippen molar-refractivity contribution in [3.8, 4) is 11.5 Å². The summed E-state index contributed by atoms with van der Waals surface area (Å²) in [5.41, 5.74) is 1.66. The molecule has 0 heterocycles. The van der Waals surface area contributed by atoms with Crippen LogP contribution >= 0.6 is 11.8 Å². The van der Waals surface area contributed by atoms with Crippen LogP contribution in [0.3, 0.4) is 0 Å². The molecule has 0 aliphatic carbocycles. The number of rotatable bonds is 7. The predicted molar refractivity (Wildman–Crippen MR) is 93.6 cm³/mol. The largest absolute Gasteiger partial charge is 0.496 e. The fraction of sp³-hybridized carbons (Fsp3) is 0.278. The molecule has 0 fully saturated rings. The lowest BCUT2D eigenvalue weighted by Gasteiger charge is -2.10. The third-order valence-electron chi connectivity index (χ3n) is 3.31. The molecule has 0 radical (unpaired) electrons. The van der Waals surface area contributed by atoms with Gasteiger partial charge in [-0.3, -0.25) is 4.79 Å². The zero-order valence-corrected chi connectivity index (χ0v) is 14.4. The molecule has 1 N–H and O–H groups in total. The molecule has 122 valence electrons. The van der Waals surface area contributed by atoms with Crippen molar-refractivity contribution in [2.45, 2.75) is 18.4 Å². The summed E-state index contributed by atoms with van der Waals surface area (Å²) >= 11 is 1.65. The molecule has 1 amide bonds. The van der Waals surface area contributed by atoms with Crippen molar-refractivity contribution in [2.24, 2.45) is 0 Å². The van der Waals surface area contributed by atoms with Crippen LogP contribution in [-0.4, -0.2) is 25.8 Å². The lowest BCUT2D eigenvalue weighted by Crippen LogP contribution is -2.22. The molecule has 4 nitrogen and oxygen atoms in total. The van der Waals surface area contributed by atoms with Gasteiger partial charge >= 0.3 is 0 Å². The number of thioether (sulfide) groups is 1. The average molecular weight is 331 g/mol. The second-order valence-corrected chi connectivity index (χ2v) is 5.71. The highest BCUT2D eigenvalue weighted by molar-refractivity contribution is 7.98. The third kappa shape index (κ3) is 4.66. The Hall–Kier alpha value is -2.14. The van der Waals surface area contributed by atoms with Gasteiger partial charge in [0.05, 0.1) is 7.11 Å². The molecule has 0 unspecified atom stereocenters. The quantitative estimate of drug-likeness (QED) is 0.785. The zero-order valence-electron chi connectivity index (χ0n) is 13.6. The molecule has 2 aromatic carbocycles. The van der Waals surface area contributed by atoms with Crippen molar-refractivity contribution in [1.82, 2.24) is 5.32 Å². The normalized spacial score (nSPS) is 10.2. The number of amides is 1. The maximum atomic E-state index is 11.7. The first kappa shape index (κ1) is 17.2. The second-order valence-electron chi connectivity index (χ2n) is 4.86. The Labute approximate surface area is 141 Å². The Morgan fingerprint density at radius 3 is 2.52 bits per heavy atom. The van der Waals surface area contributed by atoms with Crippen LogP contribution in [0.2, 0.25) is 0 Å². The first-order valence-corrected chi connectivity index (χ1v) is 8.62. The lowest BCUT2D eigenvalue weighted by atomic mass is 10.2. The molecule has 5 heteroatoms. The summed E-state index contributed by atoms with van der Waals surface area (Å²) in [5.74, 6) is 1.51. The molecular formula is C18H21NO3S. The summed E-state index contributed by atoms with van der Waals surface area (Å²) in [6.45, 7) is 2.96. The molecule has 0 aliphatic heterocycles. The van der Waals surface area contributed by atoms with Gasteiger partial charge in [0.1, 0.15) is 18.1 Å². The fourth-order valence-electron chi connectivity index (χ4n) is 2.10. The van der Waals surface area contributed by atoms with Crippen molar-refractivity contribution in [3.05, 3.63) is 53.6 Å². The molecule has 23 heavy (non-hydrogen) atoms. The van der Waals surface area contributed by atoms with Gasteiger partial charge in [0.2, 0.25) is 0 Å². The number of hydrogen-bond donors (Lipinski definition) is 1. The van der Waals surface area contributed by atoms with Gasteiger partial charge in [-0.05, 0) is 55.1 Å². The fourth-order valence-corrected chi connectivity index (χ4v) is 2.65. The monoisotopic (exact) mass is 331 g/mol. The van der Waals surface area contributed by atoms with Crippen LogP contribution in [-0.2, 0) is 6.61 Å². The van der Waals surface area contributed by atoms with Gasteiger partial charge in [0.15, 0.2) is 0 Å². The van der Waals surface area contributed by atoms with Gasteiger partial charge in [0.25, 0.3) is 5.91 Å². The molecule has 0 saturated carbocycles. The summed E-state index contributed by atoms with van der Waals surface area (Å²) in [6.07, 6.45) is 2.02. The number of nitrogens with one attached hydrogen (secondary N) is 1. The summed E-state index contributed by atoms with van der Waals surface area (Å²) < 4.78 is 11.1. The summed E-state index contributed by atoms with van der Waals surface area (Å²) in [5, 5.41) is 2.77. The first-order chi connectivity index (χ1) is 11.2. The van der Waals surface area contributed by atoms with E-state index in [2.05, 4.69) is 5.32 Å². The van der Waals surface area contributed by atoms with Crippen LogP contribution in [0, 0.1) is 0 Å². The smallest absolute Gasteiger partial charge is 0.251 e. The van der Waals surface area contributed by atoms with Gasteiger partial charge in [0, 0.05) is 17.0 Å². The van der Waals surface area contributed by atoms with Crippen LogP contribution in [0.5, 0.6) is 11.5 Å². The van der Waals surface area contributed by atoms with Crippen molar-refractivity contribution in [2.75, 3.05) is 19.9 Å². The molecule has 0 spiro atoms. The highest BCUT2D eigenvalue weighted by atomic mass is 32.2. The van der Waals surface area contributed by atoms with E-state index in [9.17, 15) is 4.79 Å². The minimum absolute atomic E-state index is 0.0727. The van der Waals surface area contributed by atoms with E-state index < -0.39 is 0 Å². The zero-order chi connectivity index (χ0) is 16.7. The SMILES string of the molecule is CCNC(=O)c1ccc(OCc2ccc(SC)c(OC)c2)cc1. The summed E-state index contributed by atoms with van der Waals surface area (Å²) in [4.78, 5) is 12.8. The predicted octanol–water partition coefficient (Wildman–Crippen LogP) is 3.75. The van der Waals surface area contributed by atoms with E-state index in [0.717, 1.165) is 22.0 Å². The number of benzene rings is 2.